The van der Waals surface area contributed by atoms with Crippen molar-refractivity contribution >= 4 is 0 Å². The maximum absolute atomic E-state index is 5.84. The highest BCUT2D eigenvalue weighted by atomic mass is 16.7. The number of hydrogen-bond donors (Lipinski definition) is 0. The van der Waals surface area contributed by atoms with Gasteiger partial charge in [-0.05, 0) is 56.3 Å². The van der Waals surface area contributed by atoms with Crippen LogP contribution in [0, 0.1) is 0 Å². The lowest BCUT2D eigenvalue weighted by molar-refractivity contribution is -0.111. The summed E-state index contributed by atoms with van der Waals surface area (Å²) in [6, 6.07) is 10.9. The van der Waals surface area contributed by atoms with Crippen molar-refractivity contribution in [2.75, 3.05) is 19.8 Å². The lowest BCUT2D eigenvalue weighted by atomic mass is 10.0. The standard InChI is InChI=1S/C21H27N3O2/c1-2-7-16(8-3-1)24-19-11-6-9-17(19)18(22-24)15-23-12-5-4-10-20(23)21-25-13-14-26-21/h1-3,7-8,20-21H,4-6,9-15H2. The Morgan fingerprint density at radius 3 is 2.69 bits per heavy atom. The summed E-state index contributed by atoms with van der Waals surface area (Å²) in [5.41, 5.74) is 5.32. The summed E-state index contributed by atoms with van der Waals surface area (Å²) in [5, 5.41) is 5.05. The van der Waals surface area contributed by atoms with Crippen LogP contribution in [0.2, 0.25) is 0 Å². The normalized spacial score (nSPS) is 24.2. The van der Waals surface area contributed by atoms with Crippen LogP contribution in [0.3, 0.4) is 0 Å². The molecule has 1 aliphatic carbocycles. The number of ether oxygens (including phenoxy) is 2. The minimum Gasteiger partial charge on any atom is -0.349 e. The van der Waals surface area contributed by atoms with Gasteiger partial charge in [0.25, 0.3) is 0 Å². The number of piperidine rings is 1. The molecule has 1 aromatic carbocycles. The molecule has 0 saturated carbocycles. The quantitative estimate of drug-likeness (QED) is 0.847. The molecule has 2 saturated heterocycles. The van der Waals surface area contributed by atoms with Crippen LogP contribution >= 0.6 is 0 Å². The van der Waals surface area contributed by atoms with Crippen LogP contribution in [0.5, 0.6) is 0 Å². The zero-order valence-corrected chi connectivity index (χ0v) is 15.3. The predicted octanol–water partition coefficient (Wildman–Crippen LogP) is 3.09. The van der Waals surface area contributed by atoms with Gasteiger partial charge in [-0.1, -0.05) is 24.6 Å². The van der Waals surface area contributed by atoms with E-state index in [9.17, 15) is 0 Å². The van der Waals surface area contributed by atoms with E-state index < -0.39 is 0 Å². The first-order valence-electron chi connectivity index (χ1n) is 10.0. The average Bonchev–Trinajstić information content (AvgIpc) is 3.42. The van der Waals surface area contributed by atoms with Gasteiger partial charge in [-0.25, -0.2) is 4.68 Å². The molecule has 0 bridgehead atoms. The summed E-state index contributed by atoms with van der Waals surface area (Å²) in [4.78, 5) is 2.55. The van der Waals surface area contributed by atoms with Gasteiger partial charge in [-0.15, -0.1) is 0 Å². The number of fused-ring (bicyclic) bond motifs is 1. The topological polar surface area (TPSA) is 39.5 Å². The van der Waals surface area contributed by atoms with Crippen molar-refractivity contribution in [1.29, 1.82) is 0 Å². The fourth-order valence-corrected chi connectivity index (χ4v) is 4.74. The summed E-state index contributed by atoms with van der Waals surface area (Å²) in [5.74, 6) is 0. The Labute approximate surface area is 154 Å². The fourth-order valence-electron chi connectivity index (χ4n) is 4.74. The number of aromatic nitrogens is 2. The van der Waals surface area contributed by atoms with E-state index in [0.717, 1.165) is 45.6 Å². The first-order chi connectivity index (χ1) is 12.9. The Morgan fingerprint density at radius 2 is 1.85 bits per heavy atom. The number of rotatable bonds is 4. The summed E-state index contributed by atoms with van der Waals surface area (Å²) in [7, 11) is 0. The summed E-state index contributed by atoms with van der Waals surface area (Å²) in [6.45, 7) is 3.48. The molecule has 0 amide bonds. The maximum atomic E-state index is 5.84. The first kappa shape index (κ1) is 16.5. The van der Waals surface area contributed by atoms with Gasteiger partial charge in [0.05, 0.1) is 30.6 Å². The van der Waals surface area contributed by atoms with E-state index in [1.807, 2.05) is 0 Å². The van der Waals surface area contributed by atoms with E-state index in [-0.39, 0.29) is 6.29 Å². The molecule has 1 unspecified atom stereocenters. The largest absolute Gasteiger partial charge is 0.349 e. The van der Waals surface area contributed by atoms with Crippen LogP contribution in [-0.4, -0.2) is 46.8 Å². The van der Waals surface area contributed by atoms with Crippen LogP contribution < -0.4 is 0 Å². The Balaban J connectivity index is 1.43. The van der Waals surface area contributed by atoms with Crippen LogP contribution in [0.15, 0.2) is 30.3 Å². The zero-order valence-electron chi connectivity index (χ0n) is 15.3. The van der Waals surface area contributed by atoms with Crippen molar-refractivity contribution in [3.05, 3.63) is 47.3 Å². The third kappa shape index (κ3) is 2.98. The summed E-state index contributed by atoms with van der Waals surface area (Å²) in [6.07, 6.45) is 7.16. The van der Waals surface area contributed by atoms with Gasteiger partial charge in [-0.2, -0.15) is 5.10 Å². The Hall–Kier alpha value is -1.69. The lowest BCUT2D eigenvalue weighted by Crippen LogP contribution is -2.46. The molecule has 26 heavy (non-hydrogen) atoms. The highest BCUT2D eigenvalue weighted by Crippen LogP contribution is 2.31. The molecule has 5 heteroatoms. The third-order valence-corrected chi connectivity index (χ3v) is 5.99. The molecule has 0 radical (unpaired) electrons. The van der Waals surface area contributed by atoms with Crippen molar-refractivity contribution in [1.82, 2.24) is 14.7 Å². The van der Waals surface area contributed by atoms with E-state index >= 15 is 0 Å². The summed E-state index contributed by atoms with van der Waals surface area (Å²) < 4.78 is 13.9. The fraction of sp³-hybridized carbons (Fsp3) is 0.571. The van der Waals surface area contributed by atoms with Gasteiger partial charge < -0.3 is 9.47 Å². The second-order valence-electron chi connectivity index (χ2n) is 7.62. The van der Waals surface area contributed by atoms with E-state index in [1.165, 1.54) is 41.9 Å². The van der Waals surface area contributed by atoms with Crippen molar-refractivity contribution in [2.24, 2.45) is 0 Å². The van der Waals surface area contributed by atoms with Crippen LogP contribution in [0.4, 0.5) is 0 Å². The Morgan fingerprint density at radius 1 is 1.00 bits per heavy atom. The molecule has 5 rings (SSSR count). The summed E-state index contributed by atoms with van der Waals surface area (Å²) >= 11 is 0. The number of likely N-dealkylation sites (tertiary alicyclic amines) is 1. The molecule has 138 valence electrons. The molecule has 0 N–H and O–H groups in total. The number of hydrogen-bond acceptors (Lipinski definition) is 4. The average molecular weight is 353 g/mol. The van der Waals surface area contributed by atoms with E-state index in [4.69, 9.17) is 14.6 Å². The molecule has 2 fully saturated rings. The first-order valence-corrected chi connectivity index (χ1v) is 10.0. The van der Waals surface area contributed by atoms with E-state index in [0.29, 0.717) is 6.04 Å². The smallest absolute Gasteiger partial charge is 0.173 e. The zero-order chi connectivity index (χ0) is 17.3. The molecule has 2 aliphatic heterocycles. The van der Waals surface area contributed by atoms with Crippen LogP contribution in [0.1, 0.15) is 42.6 Å². The van der Waals surface area contributed by atoms with E-state index in [1.54, 1.807) is 0 Å². The second-order valence-corrected chi connectivity index (χ2v) is 7.62. The highest BCUT2D eigenvalue weighted by molar-refractivity contribution is 5.39. The Kier molecular flexibility index (Phi) is 4.53. The van der Waals surface area contributed by atoms with Gasteiger partial charge in [0, 0.05) is 12.2 Å². The molecule has 3 aliphatic rings. The number of para-hydroxylation sites is 1. The SMILES string of the molecule is c1ccc(-n2nc(CN3CCCCC3C3OCCO3)c3c2CCC3)cc1. The van der Waals surface area contributed by atoms with Crippen molar-refractivity contribution < 1.29 is 9.47 Å². The Bertz CT molecular complexity index is 752. The molecule has 3 heterocycles. The van der Waals surface area contributed by atoms with Crippen LogP contribution in [-0.2, 0) is 28.9 Å². The van der Waals surface area contributed by atoms with Gasteiger partial charge in [0.15, 0.2) is 6.29 Å². The van der Waals surface area contributed by atoms with Gasteiger partial charge in [0.2, 0.25) is 0 Å². The molecule has 0 spiro atoms. The highest BCUT2D eigenvalue weighted by Gasteiger charge is 2.35. The molecular weight excluding hydrogens is 326 g/mol. The third-order valence-electron chi connectivity index (χ3n) is 5.99. The molecular formula is C21H27N3O2. The molecule has 5 nitrogen and oxygen atoms in total. The molecule has 1 atom stereocenters. The number of nitrogens with zero attached hydrogens (tertiary/aromatic N) is 3. The monoisotopic (exact) mass is 353 g/mol. The van der Waals surface area contributed by atoms with Crippen molar-refractivity contribution in [3.63, 3.8) is 0 Å². The second kappa shape index (κ2) is 7.14. The minimum atomic E-state index is -0.0560. The maximum Gasteiger partial charge on any atom is 0.173 e. The molecule has 1 aromatic heterocycles. The number of benzene rings is 1. The lowest BCUT2D eigenvalue weighted by Gasteiger charge is -2.37. The van der Waals surface area contributed by atoms with Gasteiger partial charge >= 0.3 is 0 Å². The van der Waals surface area contributed by atoms with Gasteiger partial charge in [-0.3, -0.25) is 4.90 Å². The van der Waals surface area contributed by atoms with Gasteiger partial charge in [0.1, 0.15) is 0 Å². The van der Waals surface area contributed by atoms with E-state index in [2.05, 4.69) is 39.9 Å². The van der Waals surface area contributed by atoms with Crippen molar-refractivity contribution in [2.45, 2.75) is 57.4 Å². The molecule has 2 aromatic rings. The predicted molar refractivity (Wildman–Crippen MR) is 99.3 cm³/mol. The van der Waals surface area contributed by atoms with Crippen LogP contribution in [0.25, 0.3) is 5.69 Å². The minimum absolute atomic E-state index is 0.0560. The van der Waals surface area contributed by atoms with Crippen molar-refractivity contribution in [3.8, 4) is 5.69 Å².